The number of likely N-dealkylation sites (N-methyl/N-ethyl adjacent to an activating group) is 1. The molecule has 0 atom stereocenters. The van der Waals surface area contributed by atoms with Gasteiger partial charge in [-0.25, -0.2) is 0 Å². The van der Waals surface area contributed by atoms with Crippen LogP contribution >= 0.6 is 11.6 Å². The molecule has 16 heavy (non-hydrogen) atoms. The van der Waals surface area contributed by atoms with Crippen LogP contribution in [0, 0.1) is 0 Å². The molecule has 0 saturated carbocycles. The third-order valence-electron chi connectivity index (χ3n) is 2.06. The molecule has 6 heteroatoms. The van der Waals surface area contributed by atoms with E-state index in [0.717, 1.165) is 6.54 Å². The molecule has 2 aromatic rings. The lowest BCUT2D eigenvalue weighted by Gasteiger charge is -1.96. The van der Waals surface area contributed by atoms with Crippen LogP contribution in [0.2, 0.25) is 5.02 Å². The van der Waals surface area contributed by atoms with Crippen molar-refractivity contribution in [1.82, 2.24) is 20.5 Å². The van der Waals surface area contributed by atoms with Crippen LogP contribution in [-0.2, 0) is 6.42 Å². The summed E-state index contributed by atoms with van der Waals surface area (Å²) in [5.41, 5.74) is 0.708. The average Bonchev–Trinajstić information content (AvgIpc) is 2.75. The molecule has 0 radical (unpaired) electrons. The van der Waals surface area contributed by atoms with Crippen LogP contribution in [0.1, 0.15) is 5.89 Å². The molecule has 0 spiro atoms. The van der Waals surface area contributed by atoms with E-state index in [2.05, 4.69) is 20.5 Å². The van der Waals surface area contributed by atoms with Crippen molar-refractivity contribution in [3.8, 4) is 11.5 Å². The van der Waals surface area contributed by atoms with E-state index in [4.69, 9.17) is 16.0 Å². The number of pyridine rings is 1. The fourth-order valence-electron chi connectivity index (χ4n) is 1.24. The van der Waals surface area contributed by atoms with Gasteiger partial charge in [-0.3, -0.25) is 4.98 Å². The maximum atomic E-state index is 5.97. The van der Waals surface area contributed by atoms with Gasteiger partial charge in [0.05, 0.1) is 10.6 Å². The van der Waals surface area contributed by atoms with Gasteiger partial charge in [0.1, 0.15) is 0 Å². The predicted octanol–water partition coefficient (Wildman–Crippen LogP) is 1.55. The van der Waals surface area contributed by atoms with Crippen molar-refractivity contribution in [2.75, 3.05) is 13.6 Å². The van der Waals surface area contributed by atoms with E-state index in [-0.39, 0.29) is 0 Å². The number of hydrogen-bond acceptors (Lipinski definition) is 5. The first kappa shape index (κ1) is 11.0. The third kappa shape index (κ3) is 2.37. The molecule has 84 valence electrons. The van der Waals surface area contributed by atoms with Crippen LogP contribution < -0.4 is 5.32 Å². The van der Waals surface area contributed by atoms with E-state index in [9.17, 15) is 0 Å². The van der Waals surface area contributed by atoms with Crippen molar-refractivity contribution in [3.05, 3.63) is 29.4 Å². The van der Waals surface area contributed by atoms with E-state index < -0.39 is 0 Å². The molecule has 5 nitrogen and oxygen atoms in total. The fourth-order valence-corrected chi connectivity index (χ4v) is 1.44. The number of aromatic nitrogens is 3. The molecule has 2 aromatic heterocycles. The maximum absolute atomic E-state index is 5.97. The average molecular weight is 239 g/mol. The van der Waals surface area contributed by atoms with Crippen LogP contribution in [0.4, 0.5) is 0 Å². The highest BCUT2D eigenvalue weighted by molar-refractivity contribution is 6.32. The molecule has 0 aliphatic carbocycles. The Hall–Kier alpha value is -1.46. The topological polar surface area (TPSA) is 63.8 Å². The van der Waals surface area contributed by atoms with Crippen LogP contribution in [0.15, 0.2) is 22.9 Å². The summed E-state index contributed by atoms with van der Waals surface area (Å²) >= 11 is 5.97. The minimum Gasteiger partial charge on any atom is -0.421 e. The predicted molar refractivity (Wildman–Crippen MR) is 60.2 cm³/mol. The highest BCUT2D eigenvalue weighted by Gasteiger charge is 2.11. The molecule has 0 unspecified atom stereocenters. The van der Waals surface area contributed by atoms with Crippen molar-refractivity contribution < 1.29 is 4.42 Å². The zero-order valence-corrected chi connectivity index (χ0v) is 9.53. The Morgan fingerprint density at radius 3 is 3.06 bits per heavy atom. The second-order valence-electron chi connectivity index (χ2n) is 3.21. The lowest BCUT2D eigenvalue weighted by atomic mass is 10.3. The Morgan fingerprint density at radius 1 is 1.44 bits per heavy atom. The molecule has 0 aliphatic rings. The Kier molecular flexibility index (Phi) is 3.48. The largest absolute Gasteiger partial charge is 0.421 e. The lowest BCUT2D eigenvalue weighted by Crippen LogP contribution is -2.10. The quantitative estimate of drug-likeness (QED) is 0.876. The summed E-state index contributed by atoms with van der Waals surface area (Å²) < 4.78 is 5.48. The zero-order chi connectivity index (χ0) is 11.4. The minimum atomic E-state index is 0.429. The van der Waals surface area contributed by atoms with E-state index in [1.165, 1.54) is 0 Å². The molecule has 0 bridgehead atoms. The summed E-state index contributed by atoms with van der Waals surface area (Å²) in [5, 5.41) is 11.4. The van der Waals surface area contributed by atoms with Gasteiger partial charge in [0.25, 0.3) is 0 Å². The standard InChI is InChI=1S/C10H11ClN4O/c1-12-4-3-9-14-15-10(16-9)7-2-5-13-6-8(7)11/h2,5-6,12H,3-4H2,1H3. The van der Waals surface area contributed by atoms with Gasteiger partial charge >= 0.3 is 0 Å². The SMILES string of the molecule is CNCCc1nnc(-c2ccncc2Cl)o1. The number of halogens is 1. The summed E-state index contributed by atoms with van der Waals surface area (Å²) in [4.78, 5) is 3.90. The second-order valence-corrected chi connectivity index (χ2v) is 3.62. The lowest BCUT2D eigenvalue weighted by molar-refractivity contribution is 0.500. The first-order valence-electron chi connectivity index (χ1n) is 4.88. The zero-order valence-electron chi connectivity index (χ0n) is 8.77. The van der Waals surface area contributed by atoms with Gasteiger partial charge in [0.2, 0.25) is 11.8 Å². The molecule has 2 heterocycles. The van der Waals surface area contributed by atoms with Gasteiger partial charge < -0.3 is 9.73 Å². The summed E-state index contributed by atoms with van der Waals surface area (Å²) in [6.45, 7) is 0.797. The highest BCUT2D eigenvalue weighted by atomic mass is 35.5. The first-order chi connectivity index (χ1) is 7.81. The molecular formula is C10H11ClN4O. The summed E-state index contributed by atoms with van der Waals surface area (Å²) in [5.74, 6) is 1.02. The van der Waals surface area contributed by atoms with Crippen LogP contribution in [0.25, 0.3) is 11.5 Å². The number of rotatable bonds is 4. The molecule has 0 aliphatic heterocycles. The summed E-state index contributed by atoms with van der Waals surface area (Å²) in [6.07, 6.45) is 3.89. The molecule has 0 aromatic carbocycles. The normalized spacial score (nSPS) is 10.6. The molecule has 1 N–H and O–H groups in total. The van der Waals surface area contributed by atoms with Crippen LogP contribution in [0.5, 0.6) is 0 Å². The molecule has 0 saturated heterocycles. The highest BCUT2D eigenvalue weighted by Crippen LogP contribution is 2.25. The third-order valence-corrected chi connectivity index (χ3v) is 2.36. The van der Waals surface area contributed by atoms with Gasteiger partial charge in [0.15, 0.2) is 0 Å². The van der Waals surface area contributed by atoms with E-state index >= 15 is 0 Å². The van der Waals surface area contributed by atoms with Gasteiger partial charge in [-0.1, -0.05) is 11.6 Å². The van der Waals surface area contributed by atoms with E-state index in [1.54, 1.807) is 18.5 Å². The van der Waals surface area contributed by atoms with Gasteiger partial charge in [0, 0.05) is 25.4 Å². The van der Waals surface area contributed by atoms with E-state index in [1.807, 2.05) is 7.05 Å². The fraction of sp³-hybridized carbons (Fsp3) is 0.300. The molecule has 0 fully saturated rings. The number of nitrogens with one attached hydrogen (secondary N) is 1. The number of hydrogen-bond donors (Lipinski definition) is 1. The van der Waals surface area contributed by atoms with Crippen molar-refractivity contribution in [3.63, 3.8) is 0 Å². The van der Waals surface area contributed by atoms with Crippen LogP contribution in [-0.4, -0.2) is 28.8 Å². The number of nitrogens with zero attached hydrogens (tertiary/aromatic N) is 3. The molecular weight excluding hydrogens is 228 g/mol. The minimum absolute atomic E-state index is 0.429. The monoisotopic (exact) mass is 238 g/mol. The van der Waals surface area contributed by atoms with Gasteiger partial charge in [-0.2, -0.15) is 0 Å². The van der Waals surface area contributed by atoms with Crippen molar-refractivity contribution in [2.24, 2.45) is 0 Å². The Morgan fingerprint density at radius 2 is 2.31 bits per heavy atom. The molecule has 2 rings (SSSR count). The van der Waals surface area contributed by atoms with Crippen molar-refractivity contribution in [2.45, 2.75) is 6.42 Å². The second kappa shape index (κ2) is 5.05. The smallest absolute Gasteiger partial charge is 0.249 e. The van der Waals surface area contributed by atoms with Gasteiger partial charge in [-0.05, 0) is 13.1 Å². The first-order valence-corrected chi connectivity index (χ1v) is 5.26. The summed E-state index contributed by atoms with van der Waals surface area (Å²) in [6, 6.07) is 1.75. The van der Waals surface area contributed by atoms with Crippen molar-refractivity contribution >= 4 is 11.6 Å². The van der Waals surface area contributed by atoms with Gasteiger partial charge in [-0.15, -0.1) is 10.2 Å². The Balaban J connectivity index is 2.22. The summed E-state index contributed by atoms with van der Waals surface area (Å²) in [7, 11) is 1.87. The maximum Gasteiger partial charge on any atom is 0.249 e. The Labute approximate surface area is 97.9 Å². The van der Waals surface area contributed by atoms with E-state index in [0.29, 0.717) is 28.8 Å². The van der Waals surface area contributed by atoms with Crippen LogP contribution in [0.3, 0.4) is 0 Å². The van der Waals surface area contributed by atoms with Crippen molar-refractivity contribution in [1.29, 1.82) is 0 Å². The Bertz CT molecular complexity index is 471. The molecule has 0 amide bonds.